The minimum atomic E-state index is 0.812. The zero-order valence-corrected chi connectivity index (χ0v) is 11.6. The smallest absolute Gasteiger partial charge is 0.146 e. The van der Waals surface area contributed by atoms with Crippen LogP contribution in [0.3, 0.4) is 0 Å². The minimum absolute atomic E-state index is 0.812. The fraction of sp³-hybridized carbons (Fsp3) is 0.692. The van der Waals surface area contributed by atoms with Crippen LogP contribution in [0.4, 0.5) is 5.82 Å². The maximum absolute atomic E-state index is 5.43. The third-order valence-electron chi connectivity index (χ3n) is 3.33. The highest BCUT2D eigenvalue weighted by Crippen LogP contribution is 2.37. The summed E-state index contributed by atoms with van der Waals surface area (Å²) >= 11 is 1.91. The first-order valence-electron chi connectivity index (χ1n) is 6.73. The van der Waals surface area contributed by atoms with Crippen LogP contribution in [0.15, 0.2) is 4.90 Å². The van der Waals surface area contributed by atoms with E-state index in [1.165, 1.54) is 10.6 Å². The van der Waals surface area contributed by atoms with Crippen LogP contribution < -0.4 is 4.90 Å². The topological polar surface area (TPSA) is 38.2 Å². The number of aromatic nitrogens is 2. The van der Waals surface area contributed by atoms with Gasteiger partial charge in [-0.05, 0) is 6.42 Å². The van der Waals surface area contributed by atoms with E-state index in [-0.39, 0.29) is 0 Å². The fourth-order valence-corrected chi connectivity index (χ4v) is 3.54. The van der Waals surface area contributed by atoms with Gasteiger partial charge in [-0.2, -0.15) is 0 Å². The van der Waals surface area contributed by atoms with E-state index < -0.39 is 0 Å². The molecule has 5 heteroatoms. The summed E-state index contributed by atoms with van der Waals surface area (Å²) in [6.07, 6.45) is 3.18. The highest BCUT2D eigenvalue weighted by atomic mass is 32.2. The molecule has 0 N–H and O–H groups in total. The molecule has 1 fully saturated rings. The van der Waals surface area contributed by atoms with E-state index in [9.17, 15) is 0 Å². The average Bonchev–Trinajstić information content (AvgIpc) is 2.87. The molecule has 18 heavy (non-hydrogen) atoms. The lowest BCUT2D eigenvalue weighted by atomic mass is 10.2. The van der Waals surface area contributed by atoms with Crippen molar-refractivity contribution in [3.8, 4) is 0 Å². The van der Waals surface area contributed by atoms with Crippen LogP contribution in [-0.2, 0) is 17.6 Å². The molecule has 0 spiro atoms. The minimum Gasteiger partial charge on any atom is -0.378 e. The standard InChI is InChI=1S/C13H19N3OS/c1-2-3-11-14-10-4-9-18-12(10)13(15-11)16-5-7-17-8-6-16/h2-9H2,1H3. The van der Waals surface area contributed by atoms with Crippen molar-refractivity contribution in [3.63, 3.8) is 0 Å². The molecule has 0 atom stereocenters. The third-order valence-corrected chi connectivity index (χ3v) is 4.45. The van der Waals surface area contributed by atoms with Gasteiger partial charge < -0.3 is 9.64 Å². The van der Waals surface area contributed by atoms with Gasteiger partial charge in [0.25, 0.3) is 0 Å². The zero-order chi connectivity index (χ0) is 12.4. The average molecular weight is 265 g/mol. The van der Waals surface area contributed by atoms with Crippen LogP contribution in [0.1, 0.15) is 24.9 Å². The van der Waals surface area contributed by atoms with Crippen molar-refractivity contribution in [1.29, 1.82) is 0 Å². The molecule has 0 bridgehead atoms. The second-order valence-electron chi connectivity index (χ2n) is 4.69. The van der Waals surface area contributed by atoms with Gasteiger partial charge >= 0.3 is 0 Å². The summed E-state index contributed by atoms with van der Waals surface area (Å²) in [5, 5.41) is 0. The summed E-state index contributed by atoms with van der Waals surface area (Å²) < 4.78 is 5.43. The molecule has 1 saturated heterocycles. The molecule has 0 amide bonds. The number of hydrogen-bond acceptors (Lipinski definition) is 5. The van der Waals surface area contributed by atoms with Gasteiger partial charge in [-0.25, -0.2) is 9.97 Å². The number of fused-ring (bicyclic) bond motifs is 1. The lowest BCUT2D eigenvalue weighted by Crippen LogP contribution is -2.37. The third kappa shape index (κ3) is 2.34. The largest absolute Gasteiger partial charge is 0.378 e. The predicted octanol–water partition coefficient (Wildman–Crippen LogP) is 1.91. The molecule has 0 aliphatic carbocycles. The van der Waals surface area contributed by atoms with Crippen molar-refractivity contribution in [2.45, 2.75) is 31.1 Å². The lowest BCUT2D eigenvalue weighted by molar-refractivity contribution is 0.122. The Labute approximate surface area is 112 Å². The van der Waals surface area contributed by atoms with E-state index in [0.29, 0.717) is 0 Å². The molecule has 98 valence electrons. The van der Waals surface area contributed by atoms with Crippen LogP contribution in [0.25, 0.3) is 0 Å². The first-order valence-corrected chi connectivity index (χ1v) is 7.72. The van der Waals surface area contributed by atoms with Crippen LogP contribution in [0.5, 0.6) is 0 Å². The van der Waals surface area contributed by atoms with Gasteiger partial charge in [-0.3, -0.25) is 0 Å². The Bertz CT molecular complexity index is 432. The summed E-state index contributed by atoms with van der Waals surface area (Å²) in [6.45, 7) is 5.71. The molecule has 3 heterocycles. The molecule has 2 aliphatic rings. The molecular formula is C13H19N3OS. The Hall–Kier alpha value is -0.810. The van der Waals surface area contributed by atoms with Crippen molar-refractivity contribution in [1.82, 2.24) is 9.97 Å². The maximum Gasteiger partial charge on any atom is 0.146 e. The quantitative estimate of drug-likeness (QED) is 0.834. The van der Waals surface area contributed by atoms with Gasteiger partial charge in [-0.1, -0.05) is 6.92 Å². The van der Waals surface area contributed by atoms with E-state index in [2.05, 4.69) is 11.8 Å². The normalized spacial score (nSPS) is 19.1. The number of ether oxygens (including phenoxy) is 1. The zero-order valence-electron chi connectivity index (χ0n) is 10.8. The number of thioether (sulfide) groups is 1. The SMILES string of the molecule is CCCc1nc2c(c(N3CCOCC3)n1)SCC2. The lowest BCUT2D eigenvalue weighted by Gasteiger charge is -2.29. The number of aryl methyl sites for hydroxylation is 2. The first-order chi connectivity index (χ1) is 8.88. The highest BCUT2D eigenvalue weighted by Gasteiger charge is 2.24. The summed E-state index contributed by atoms with van der Waals surface area (Å²) in [5.41, 5.74) is 1.26. The van der Waals surface area contributed by atoms with Gasteiger partial charge in [0, 0.05) is 31.7 Å². The molecule has 0 saturated carbocycles. The summed E-state index contributed by atoms with van der Waals surface area (Å²) in [5.74, 6) is 3.33. The predicted molar refractivity (Wildman–Crippen MR) is 73.5 cm³/mol. The number of hydrogen-bond donors (Lipinski definition) is 0. The number of rotatable bonds is 3. The molecule has 1 aromatic rings. The molecule has 0 aromatic carbocycles. The van der Waals surface area contributed by atoms with E-state index in [0.717, 1.165) is 63.0 Å². The summed E-state index contributed by atoms with van der Waals surface area (Å²) in [7, 11) is 0. The maximum atomic E-state index is 5.43. The summed E-state index contributed by atoms with van der Waals surface area (Å²) in [4.78, 5) is 13.2. The van der Waals surface area contributed by atoms with Crippen molar-refractivity contribution in [2.24, 2.45) is 0 Å². The molecule has 0 unspecified atom stereocenters. The number of anilines is 1. The van der Waals surface area contributed by atoms with Gasteiger partial charge in [-0.15, -0.1) is 11.8 Å². The van der Waals surface area contributed by atoms with Crippen molar-refractivity contribution >= 4 is 17.6 Å². The molecule has 1 aromatic heterocycles. The molecule has 4 nitrogen and oxygen atoms in total. The van der Waals surface area contributed by atoms with Crippen LogP contribution in [0, 0.1) is 0 Å². The van der Waals surface area contributed by atoms with Gasteiger partial charge in [0.05, 0.1) is 23.8 Å². The Morgan fingerprint density at radius 3 is 2.89 bits per heavy atom. The Morgan fingerprint density at radius 1 is 1.28 bits per heavy atom. The fourth-order valence-electron chi connectivity index (χ4n) is 2.43. The number of nitrogens with zero attached hydrogens (tertiary/aromatic N) is 3. The molecule has 2 aliphatic heterocycles. The van der Waals surface area contributed by atoms with E-state index >= 15 is 0 Å². The molecular weight excluding hydrogens is 246 g/mol. The van der Waals surface area contributed by atoms with Crippen LogP contribution in [-0.4, -0.2) is 42.0 Å². The van der Waals surface area contributed by atoms with Gasteiger partial charge in [0.1, 0.15) is 11.6 Å². The van der Waals surface area contributed by atoms with Crippen molar-refractivity contribution in [3.05, 3.63) is 11.5 Å². The Balaban J connectivity index is 1.95. The molecule has 3 rings (SSSR count). The van der Waals surface area contributed by atoms with Crippen LogP contribution in [0.2, 0.25) is 0 Å². The van der Waals surface area contributed by atoms with Gasteiger partial charge in [0.15, 0.2) is 0 Å². The Morgan fingerprint density at radius 2 is 2.11 bits per heavy atom. The van der Waals surface area contributed by atoms with Crippen LogP contribution >= 0.6 is 11.8 Å². The van der Waals surface area contributed by atoms with Crippen molar-refractivity contribution < 1.29 is 4.74 Å². The van der Waals surface area contributed by atoms with E-state index in [4.69, 9.17) is 14.7 Å². The van der Waals surface area contributed by atoms with E-state index in [1.54, 1.807) is 0 Å². The monoisotopic (exact) mass is 265 g/mol. The Kier molecular flexibility index (Phi) is 3.70. The summed E-state index contributed by atoms with van der Waals surface area (Å²) in [6, 6.07) is 0. The molecule has 0 radical (unpaired) electrons. The number of morpholine rings is 1. The van der Waals surface area contributed by atoms with E-state index in [1.807, 2.05) is 11.8 Å². The van der Waals surface area contributed by atoms with Crippen molar-refractivity contribution in [2.75, 3.05) is 37.0 Å². The first kappa shape index (κ1) is 12.2. The second-order valence-corrected chi connectivity index (χ2v) is 5.79. The highest BCUT2D eigenvalue weighted by molar-refractivity contribution is 7.99. The second kappa shape index (κ2) is 5.45. The van der Waals surface area contributed by atoms with Gasteiger partial charge in [0.2, 0.25) is 0 Å².